The Morgan fingerprint density at radius 2 is 1.83 bits per heavy atom. The first-order valence-electron chi connectivity index (χ1n) is 7.49. The quantitative estimate of drug-likeness (QED) is 0.746. The summed E-state index contributed by atoms with van der Waals surface area (Å²) in [5.41, 5.74) is 1.82. The molecule has 126 valence electrons. The molecule has 0 spiro atoms. The smallest absolute Gasteiger partial charge is 0.244 e. The Morgan fingerprint density at radius 3 is 2.46 bits per heavy atom. The highest BCUT2D eigenvalue weighted by molar-refractivity contribution is 9.10. The molecule has 0 saturated carbocycles. The van der Waals surface area contributed by atoms with Gasteiger partial charge in [-0.1, -0.05) is 28.1 Å². The number of hydrogen-bond acceptors (Lipinski definition) is 3. The lowest BCUT2D eigenvalue weighted by molar-refractivity contribution is -0.117. The van der Waals surface area contributed by atoms with Gasteiger partial charge in [-0.05, 0) is 48.9 Å². The van der Waals surface area contributed by atoms with Gasteiger partial charge < -0.3 is 14.8 Å². The van der Waals surface area contributed by atoms with Crippen molar-refractivity contribution in [1.82, 2.24) is 5.32 Å². The van der Waals surface area contributed by atoms with Crippen molar-refractivity contribution in [3.63, 3.8) is 0 Å². The summed E-state index contributed by atoms with van der Waals surface area (Å²) < 4.78 is 11.6. The number of carbonyl (C=O) groups excluding carboxylic acids is 1. The van der Waals surface area contributed by atoms with Gasteiger partial charge in [0.15, 0.2) is 0 Å². The third-order valence-electron chi connectivity index (χ3n) is 3.56. The zero-order valence-corrected chi connectivity index (χ0v) is 15.5. The van der Waals surface area contributed by atoms with Crippen molar-refractivity contribution in [2.45, 2.75) is 13.0 Å². The first kappa shape index (κ1) is 18.1. The van der Waals surface area contributed by atoms with Crippen LogP contribution in [-0.2, 0) is 4.79 Å². The predicted octanol–water partition coefficient (Wildman–Crippen LogP) is 4.36. The Hall–Kier alpha value is -2.27. The monoisotopic (exact) mass is 389 g/mol. The van der Waals surface area contributed by atoms with Crippen molar-refractivity contribution in [3.8, 4) is 11.5 Å². The Labute approximate surface area is 150 Å². The number of halogens is 1. The molecule has 1 amide bonds. The lowest BCUT2D eigenvalue weighted by Gasteiger charge is -2.17. The highest BCUT2D eigenvalue weighted by Gasteiger charge is 2.14. The van der Waals surface area contributed by atoms with Crippen LogP contribution < -0.4 is 14.8 Å². The number of methoxy groups -OCH3 is 2. The molecule has 2 aromatic rings. The van der Waals surface area contributed by atoms with E-state index in [4.69, 9.17) is 9.47 Å². The van der Waals surface area contributed by atoms with Crippen molar-refractivity contribution < 1.29 is 14.3 Å². The topological polar surface area (TPSA) is 47.6 Å². The Bertz CT molecular complexity index is 726. The van der Waals surface area contributed by atoms with Crippen LogP contribution in [0.4, 0.5) is 0 Å². The number of ether oxygens (including phenoxy) is 2. The Morgan fingerprint density at radius 1 is 1.12 bits per heavy atom. The second kappa shape index (κ2) is 8.55. The molecule has 5 heteroatoms. The summed E-state index contributed by atoms with van der Waals surface area (Å²) in [5, 5.41) is 2.93. The van der Waals surface area contributed by atoms with E-state index in [-0.39, 0.29) is 11.9 Å². The van der Waals surface area contributed by atoms with Crippen LogP contribution in [0, 0.1) is 0 Å². The van der Waals surface area contributed by atoms with Crippen LogP contribution in [0.25, 0.3) is 6.08 Å². The van der Waals surface area contributed by atoms with Gasteiger partial charge in [-0.25, -0.2) is 0 Å². The van der Waals surface area contributed by atoms with Crippen LogP contribution in [0.5, 0.6) is 11.5 Å². The number of hydrogen-bond donors (Lipinski definition) is 1. The van der Waals surface area contributed by atoms with Gasteiger partial charge in [-0.3, -0.25) is 4.79 Å². The van der Waals surface area contributed by atoms with E-state index in [1.54, 1.807) is 20.3 Å². The van der Waals surface area contributed by atoms with E-state index in [2.05, 4.69) is 21.2 Å². The molecule has 0 bridgehead atoms. The van der Waals surface area contributed by atoms with Crippen molar-refractivity contribution in [2.75, 3.05) is 14.2 Å². The van der Waals surface area contributed by atoms with Gasteiger partial charge in [0.2, 0.25) is 5.91 Å². The molecule has 0 aliphatic heterocycles. The number of amides is 1. The third-order valence-corrected chi connectivity index (χ3v) is 4.09. The lowest BCUT2D eigenvalue weighted by atomic mass is 10.1. The summed E-state index contributed by atoms with van der Waals surface area (Å²) in [4.78, 5) is 12.1. The summed E-state index contributed by atoms with van der Waals surface area (Å²) in [6.45, 7) is 1.91. The normalized spacial score (nSPS) is 12.0. The van der Waals surface area contributed by atoms with Gasteiger partial charge in [0.05, 0.1) is 20.3 Å². The molecule has 4 nitrogen and oxygen atoms in total. The van der Waals surface area contributed by atoms with Crippen LogP contribution in [0.1, 0.15) is 24.1 Å². The standard InChI is InChI=1S/C19H20BrNO3/c1-13(17-12-16(23-2)9-10-18(17)24-3)21-19(22)11-6-14-4-7-15(20)8-5-14/h4-13H,1-3H3,(H,21,22)/b11-6+/t13-/m1/s1. The van der Waals surface area contributed by atoms with Crippen LogP contribution in [0.15, 0.2) is 53.0 Å². The van der Waals surface area contributed by atoms with E-state index >= 15 is 0 Å². The van der Waals surface area contributed by atoms with Gasteiger partial charge in [-0.15, -0.1) is 0 Å². The molecule has 0 aromatic heterocycles. The molecule has 0 unspecified atom stereocenters. The molecule has 0 aliphatic rings. The van der Waals surface area contributed by atoms with E-state index in [1.807, 2.05) is 49.4 Å². The average molecular weight is 390 g/mol. The molecular formula is C19H20BrNO3. The zero-order chi connectivity index (χ0) is 17.5. The van der Waals surface area contributed by atoms with Crippen molar-refractivity contribution >= 4 is 27.9 Å². The molecule has 0 radical (unpaired) electrons. The molecule has 1 N–H and O–H groups in total. The zero-order valence-electron chi connectivity index (χ0n) is 13.9. The Kier molecular flexibility index (Phi) is 6.44. The first-order valence-corrected chi connectivity index (χ1v) is 8.29. The minimum Gasteiger partial charge on any atom is -0.497 e. The van der Waals surface area contributed by atoms with E-state index < -0.39 is 0 Å². The largest absolute Gasteiger partial charge is 0.497 e. The second-order valence-corrected chi connectivity index (χ2v) is 6.14. The molecule has 1 atom stereocenters. The van der Waals surface area contributed by atoms with E-state index in [1.165, 1.54) is 6.08 Å². The fourth-order valence-corrected chi connectivity index (χ4v) is 2.53. The minimum atomic E-state index is -0.211. The van der Waals surface area contributed by atoms with Gasteiger partial charge in [0, 0.05) is 16.1 Å². The van der Waals surface area contributed by atoms with Crippen molar-refractivity contribution in [1.29, 1.82) is 0 Å². The maximum Gasteiger partial charge on any atom is 0.244 e. The van der Waals surface area contributed by atoms with Crippen molar-refractivity contribution in [3.05, 3.63) is 64.1 Å². The second-order valence-electron chi connectivity index (χ2n) is 5.22. The maximum atomic E-state index is 12.1. The lowest BCUT2D eigenvalue weighted by Crippen LogP contribution is -2.25. The van der Waals surface area contributed by atoms with Crippen molar-refractivity contribution in [2.24, 2.45) is 0 Å². The fraction of sp³-hybridized carbons (Fsp3) is 0.211. The van der Waals surface area contributed by atoms with Gasteiger partial charge in [-0.2, -0.15) is 0 Å². The SMILES string of the molecule is COc1ccc(OC)c([C@@H](C)NC(=O)/C=C/c2ccc(Br)cc2)c1. The maximum absolute atomic E-state index is 12.1. The summed E-state index contributed by atoms with van der Waals surface area (Å²) in [5.74, 6) is 1.26. The first-order chi connectivity index (χ1) is 11.5. The molecule has 2 rings (SSSR count). The number of benzene rings is 2. The molecule has 0 aliphatic carbocycles. The summed E-state index contributed by atoms with van der Waals surface area (Å²) in [7, 11) is 3.21. The van der Waals surface area contributed by atoms with E-state index in [0.717, 1.165) is 21.3 Å². The third kappa shape index (κ3) is 4.86. The molecule has 24 heavy (non-hydrogen) atoms. The molecule has 2 aromatic carbocycles. The number of carbonyl (C=O) groups is 1. The highest BCUT2D eigenvalue weighted by Crippen LogP contribution is 2.29. The molecule has 0 heterocycles. The van der Waals surface area contributed by atoms with Crippen LogP contribution in [0.2, 0.25) is 0 Å². The van der Waals surface area contributed by atoms with Crippen LogP contribution >= 0.6 is 15.9 Å². The number of nitrogens with one attached hydrogen (secondary N) is 1. The fourth-order valence-electron chi connectivity index (χ4n) is 2.26. The summed E-state index contributed by atoms with van der Waals surface area (Å²) in [6.07, 6.45) is 3.30. The van der Waals surface area contributed by atoms with Crippen LogP contribution in [-0.4, -0.2) is 20.1 Å². The Balaban J connectivity index is 2.07. The molecule has 0 fully saturated rings. The van der Waals surface area contributed by atoms with E-state index in [9.17, 15) is 4.79 Å². The van der Waals surface area contributed by atoms with Crippen LogP contribution in [0.3, 0.4) is 0 Å². The number of rotatable bonds is 6. The summed E-state index contributed by atoms with van der Waals surface area (Å²) >= 11 is 3.38. The molecule has 0 saturated heterocycles. The summed E-state index contributed by atoms with van der Waals surface area (Å²) in [6, 6.07) is 13.0. The molecular weight excluding hydrogens is 370 g/mol. The van der Waals surface area contributed by atoms with Gasteiger partial charge >= 0.3 is 0 Å². The average Bonchev–Trinajstić information content (AvgIpc) is 2.60. The van der Waals surface area contributed by atoms with E-state index in [0.29, 0.717) is 5.75 Å². The van der Waals surface area contributed by atoms with Gasteiger partial charge in [0.25, 0.3) is 0 Å². The highest BCUT2D eigenvalue weighted by atomic mass is 79.9. The van der Waals surface area contributed by atoms with Gasteiger partial charge in [0.1, 0.15) is 11.5 Å². The predicted molar refractivity (Wildman–Crippen MR) is 99.3 cm³/mol. The minimum absolute atomic E-state index is 0.171.